The topological polar surface area (TPSA) is 72.7 Å². The van der Waals surface area contributed by atoms with Gasteiger partial charge in [0.2, 0.25) is 5.91 Å². The minimum atomic E-state index is -0.0855. The van der Waals surface area contributed by atoms with E-state index in [2.05, 4.69) is 44.8 Å². The standard InChI is InChI=1S/C29H25N5OS/c35-27(31-26-16-8-7-14-24(26)18-22-10-3-1-4-11-22)21-36-29-33-32-28(25-15-9-17-30-19-25)34(29)20-23-12-5-2-6-13-23/h1-17,19H,18,20-21H2,(H,31,35). The van der Waals surface area contributed by atoms with Crippen LogP contribution in [0.1, 0.15) is 16.7 Å². The Kier molecular flexibility index (Phi) is 7.49. The third-order valence-corrected chi connectivity index (χ3v) is 6.65. The summed E-state index contributed by atoms with van der Waals surface area (Å²) < 4.78 is 2.04. The summed E-state index contributed by atoms with van der Waals surface area (Å²) in [6.07, 6.45) is 4.26. The first-order valence-corrected chi connectivity index (χ1v) is 12.7. The van der Waals surface area contributed by atoms with E-state index < -0.39 is 0 Å². The van der Waals surface area contributed by atoms with Crippen LogP contribution in [0.25, 0.3) is 11.4 Å². The Bertz CT molecular complexity index is 1420. The van der Waals surface area contributed by atoms with Crippen LogP contribution < -0.4 is 5.32 Å². The van der Waals surface area contributed by atoms with Crippen molar-refractivity contribution in [2.45, 2.75) is 18.1 Å². The largest absolute Gasteiger partial charge is 0.325 e. The molecule has 0 bridgehead atoms. The van der Waals surface area contributed by atoms with E-state index in [4.69, 9.17) is 0 Å². The first-order chi connectivity index (χ1) is 17.8. The summed E-state index contributed by atoms with van der Waals surface area (Å²) in [6, 6.07) is 32.2. The molecule has 1 N–H and O–H groups in total. The molecule has 3 aromatic carbocycles. The molecular weight excluding hydrogens is 466 g/mol. The molecule has 0 atom stereocenters. The SMILES string of the molecule is O=C(CSc1nnc(-c2cccnc2)n1Cc1ccccc1)Nc1ccccc1Cc1ccccc1. The molecule has 2 heterocycles. The Morgan fingerprint density at radius 1 is 0.806 bits per heavy atom. The van der Waals surface area contributed by atoms with Gasteiger partial charge in [-0.15, -0.1) is 10.2 Å². The zero-order valence-electron chi connectivity index (χ0n) is 19.6. The Balaban J connectivity index is 1.31. The van der Waals surface area contributed by atoms with Crippen molar-refractivity contribution in [1.82, 2.24) is 19.7 Å². The van der Waals surface area contributed by atoms with Crippen LogP contribution in [0.2, 0.25) is 0 Å². The van der Waals surface area contributed by atoms with Gasteiger partial charge in [-0.3, -0.25) is 14.3 Å². The number of carbonyl (C=O) groups is 1. The fourth-order valence-electron chi connectivity index (χ4n) is 3.94. The number of rotatable bonds is 9. The maximum absolute atomic E-state index is 12.9. The van der Waals surface area contributed by atoms with Crippen molar-refractivity contribution in [2.75, 3.05) is 11.1 Å². The third-order valence-electron chi connectivity index (χ3n) is 5.68. The van der Waals surface area contributed by atoms with E-state index in [0.717, 1.165) is 34.6 Å². The van der Waals surface area contributed by atoms with Gasteiger partial charge in [-0.05, 0) is 41.3 Å². The highest BCUT2D eigenvalue weighted by Crippen LogP contribution is 2.25. The molecule has 7 heteroatoms. The zero-order valence-corrected chi connectivity index (χ0v) is 20.4. The number of pyridine rings is 1. The van der Waals surface area contributed by atoms with Crippen molar-refractivity contribution in [3.63, 3.8) is 0 Å². The van der Waals surface area contributed by atoms with Gasteiger partial charge in [-0.2, -0.15) is 0 Å². The van der Waals surface area contributed by atoms with Crippen LogP contribution in [-0.4, -0.2) is 31.4 Å². The molecule has 6 nitrogen and oxygen atoms in total. The summed E-state index contributed by atoms with van der Waals surface area (Å²) in [5, 5.41) is 12.6. The molecule has 36 heavy (non-hydrogen) atoms. The number of hydrogen-bond donors (Lipinski definition) is 1. The second kappa shape index (κ2) is 11.5. The summed E-state index contributed by atoms with van der Waals surface area (Å²) in [5.74, 6) is 0.861. The van der Waals surface area contributed by atoms with Gasteiger partial charge in [0.05, 0.1) is 12.3 Å². The molecule has 0 unspecified atom stereocenters. The van der Waals surface area contributed by atoms with Gasteiger partial charge in [0, 0.05) is 23.6 Å². The van der Waals surface area contributed by atoms with Crippen LogP contribution in [0, 0.1) is 0 Å². The average molecular weight is 492 g/mol. The zero-order chi connectivity index (χ0) is 24.6. The number of benzene rings is 3. The van der Waals surface area contributed by atoms with Gasteiger partial charge < -0.3 is 5.32 Å². The highest BCUT2D eigenvalue weighted by atomic mass is 32.2. The van der Waals surface area contributed by atoms with Gasteiger partial charge in [-0.25, -0.2) is 0 Å². The molecule has 0 saturated carbocycles. The maximum atomic E-state index is 12.9. The first-order valence-electron chi connectivity index (χ1n) is 11.7. The number of carbonyl (C=O) groups excluding carboxylic acids is 1. The molecule has 1 amide bonds. The summed E-state index contributed by atoms with van der Waals surface area (Å²) in [4.78, 5) is 17.2. The second-order valence-electron chi connectivity index (χ2n) is 8.28. The second-order valence-corrected chi connectivity index (χ2v) is 9.22. The lowest BCUT2D eigenvalue weighted by Crippen LogP contribution is -2.16. The predicted molar refractivity (Wildman–Crippen MR) is 144 cm³/mol. The minimum absolute atomic E-state index is 0.0855. The lowest BCUT2D eigenvalue weighted by molar-refractivity contribution is -0.113. The van der Waals surface area contributed by atoms with Crippen molar-refractivity contribution in [3.05, 3.63) is 126 Å². The Labute approximate surface area is 214 Å². The number of amides is 1. The fraction of sp³-hybridized carbons (Fsp3) is 0.103. The predicted octanol–water partition coefficient (Wildman–Crippen LogP) is 5.71. The minimum Gasteiger partial charge on any atom is -0.325 e. The molecular formula is C29H25N5OS. The van der Waals surface area contributed by atoms with Crippen LogP contribution in [0.4, 0.5) is 5.69 Å². The van der Waals surface area contributed by atoms with Crippen molar-refractivity contribution < 1.29 is 4.79 Å². The van der Waals surface area contributed by atoms with Gasteiger partial charge in [0.15, 0.2) is 11.0 Å². The lowest BCUT2D eigenvalue weighted by Gasteiger charge is -2.12. The monoisotopic (exact) mass is 491 g/mol. The Hall–Kier alpha value is -4.23. The summed E-state index contributed by atoms with van der Waals surface area (Å²) in [5.41, 5.74) is 5.11. The van der Waals surface area contributed by atoms with E-state index >= 15 is 0 Å². The highest BCUT2D eigenvalue weighted by molar-refractivity contribution is 7.99. The molecule has 0 aliphatic heterocycles. The van der Waals surface area contributed by atoms with E-state index in [1.54, 1.807) is 12.4 Å². The fourth-order valence-corrected chi connectivity index (χ4v) is 4.68. The molecule has 0 spiro atoms. The maximum Gasteiger partial charge on any atom is 0.234 e. The van der Waals surface area contributed by atoms with E-state index in [9.17, 15) is 4.79 Å². The van der Waals surface area contributed by atoms with Crippen LogP contribution in [0.5, 0.6) is 0 Å². The van der Waals surface area contributed by atoms with Crippen LogP contribution >= 0.6 is 11.8 Å². The van der Waals surface area contributed by atoms with E-state index in [-0.39, 0.29) is 11.7 Å². The molecule has 2 aromatic heterocycles. The molecule has 178 valence electrons. The molecule has 0 aliphatic rings. The summed E-state index contributed by atoms with van der Waals surface area (Å²) >= 11 is 1.38. The van der Waals surface area contributed by atoms with Gasteiger partial charge in [0.1, 0.15) is 0 Å². The summed E-state index contributed by atoms with van der Waals surface area (Å²) in [7, 11) is 0. The van der Waals surface area contributed by atoms with Crippen LogP contribution in [-0.2, 0) is 17.8 Å². The molecule has 0 radical (unpaired) electrons. The smallest absolute Gasteiger partial charge is 0.234 e. The average Bonchev–Trinajstić information content (AvgIpc) is 3.32. The molecule has 0 fully saturated rings. The van der Waals surface area contributed by atoms with Crippen LogP contribution in [0.15, 0.2) is 115 Å². The first kappa shape index (κ1) is 23.5. The molecule has 0 saturated heterocycles. The van der Waals surface area contributed by atoms with E-state index in [1.807, 2.05) is 77.4 Å². The van der Waals surface area contributed by atoms with Crippen molar-refractivity contribution in [2.24, 2.45) is 0 Å². The number of nitrogens with one attached hydrogen (secondary N) is 1. The number of anilines is 1. The van der Waals surface area contributed by atoms with Gasteiger partial charge in [0.25, 0.3) is 0 Å². The van der Waals surface area contributed by atoms with E-state index in [1.165, 1.54) is 17.3 Å². The normalized spacial score (nSPS) is 10.8. The number of aromatic nitrogens is 4. The van der Waals surface area contributed by atoms with Crippen molar-refractivity contribution in [3.8, 4) is 11.4 Å². The van der Waals surface area contributed by atoms with Gasteiger partial charge in [-0.1, -0.05) is 90.6 Å². The molecule has 5 rings (SSSR count). The molecule has 5 aromatic rings. The summed E-state index contributed by atoms with van der Waals surface area (Å²) in [6.45, 7) is 0.599. The lowest BCUT2D eigenvalue weighted by atomic mass is 10.0. The van der Waals surface area contributed by atoms with Gasteiger partial charge >= 0.3 is 0 Å². The number of nitrogens with zero attached hydrogens (tertiary/aromatic N) is 4. The quantitative estimate of drug-likeness (QED) is 0.267. The van der Waals surface area contributed by atoms with Crippen LogP contribution in [0.3, 0.4) is 0 Å². The van der Waals surface area contributed by atoms with Crippen molar-refractivity contribution >= 4 is 23.4 Å². The number of hydrogen-bond acceptors (Lipinski definition) is 5. The Morgan fingerprint density at radius 3 is 2.28 bits per heavy atom. The highest BCUT2D eigenvalue weighted by Gasteiger charge is 2.17. The third kappa shape index (κ3) is 5.87. The number of thioether (sulfide) groups is 1. The van der Waals surface area contributed by atoms with E-state index in [0.29, 0.717) is 11.7 Å². The number of para-hydroxylation sites is 1. The molecule has 0 aliphatic carbocycles. The Morgan fingerprint density at radius 2 is 1.53 bits per heavy atom. The van der Waals surface area contributed by atoms with Crippen molar-refractivity contribution in [1.29, 1.82) is 0 Å².